The predicted octanol–water partition coefficient (Wildman–Crippen LogP) is 7.24. The van der Waals surface area contributed by atoms with Crippen LogP contribution in [0.15, 0.2) is 90.6 Å². The number of rotatable bonds is 13. The maximum Gasteiger partial charge on any atom is 0.238 e. The number of aryl methyl sites for hydroxylation is 2. The van der Waals surface area contributed by atoms with Gasteiger partial charge in [0.1, 0.15) is 11.6 Å². The van der Waals surface area contributed by atoms with Crippen LogP contribution in [0.2, 0.25) is 0 Å². The zero-order valence-electron chi connectivity index (χ0n) is 25.7. The largest absolute Gasteiger partial charge is 0.454 e. The minimum atomic E-state index is -3.89. The Kier molecular flexibility index (Phi) is 9.78. The fraction of sp³-hybridized carbons (Fsp3) is 0.206. The molecule has 0 fully saturated rings. The van der Waals surface area contributed by atoms with Gasteiger partial charge in [0.25, 0.3) is 0 Å². The molecule has 0 saturated carbocycles. The van der Waals surface area contributed by atoms with E-state index in [1.54, 1.807) is 25.4 Å². The Bertz CT molecular complexity index is 2110. The lowest BCUT2D eigenvalue weighted by molar-refractivity contribution is -0.119. The molecule has 0 saturated heterocycles. The second-order valence-corrected chi connectivity index (χ2v) is 13.8. The number of H-pyrrole nitrogens is 1. The zero-order valence-corrected chi connectivity index (χ0v) is 28.1. The van der Waals surface area contributed by atoms with E-state index in [9.17, 15) is 13.2 Å². The van der Waals surface area contributed by atoms with E-state index in [0.29, 0.717) is 28.7 Å². The number of allylic oxidation sites excluding steroid dienone is 1. The Labute approximate surface area is 279 Å². The number of ether oxygens (including phenoxy) is 1. The van der Waals surface area contributed by atoms with E-state index in [1.165, 1.54) is 35.0 Å². The van der Waals surface area contributed by atoms with Crippen LogP contribution in [0.4, 0.5) is 8.78 Å². The van der Waals surface area contributed by atoms with Gasteiger partial charge in [0.05, 0.1) is 16.7 Å². The average Bonchev–Trinajstić information content (AvgIpc) is 3.64. The van der Waals surface area contributed by atoms with Gasteiger partial charge in [-0.1, -0.05) is 40.2 Å². The molecule has 2 heterocycles. The summed E-state index contributed by atoms with van der Waals surface area (Å²) < 4.78 is 65.4. The molecule has 5 rings (SSSR count). The van der Waals surface area contributed by atoms with Crippen molar-refractivity contribution in [3.63, 3.8) is 0 Å². The Morgan fingerprint density at radius 2 is 1.91 bits per heavy atom. The zero-order chi connectivity index (χ0) is 33.9. The van der Waals surface area contributed by atoms with Crippen molar-refractivity contribution in [2.45, 2.75) is 31.6 Å². The van der Waals surface area contributed by atoms with Gasteiger partial charge in [-0.2, -0.15) is 5.10 Å². The quantitative estimate of drug-likeness (QED) is 0.124. The van der Waals surface area contributed by atoms with E-state index >= 15 is 8.78 Å². The Hall–Kier alpha value is -4.62. The van der Waals surface area contributed by atoms with Crippen molar-refractivity contribution in [2.75, 3.05) is 5.75 Å². The number of halogens is 3. The summed E-state index contributed by atoms with van der Waals surface area (Å²) in [5.41, 5.74) is 1.14. The lowest BCUT2D eigenvalue weighted by atomic mass is 9.79. The number of hydrogen-bond acceptors (Lipinski definition) is 6. The number of fused-ring (bicyclic) bond motifs is 1. The van der Waals surface area contributed by atoms with E-state index in [0.717, 1.165) is 10.0 Å². The van der Waals surface area contributed by atoms with Crippen LogP contribution in [0.25, 0.3) is 22.3 Å². The van der Waals surface area contributed by atoms with Crippen LogP contribution in [0.5, 0.6) is 11.5 Å². The summed E-state index contributed by atoms with van der Waals surface area (Å²) in [4.78, 5) is 20.2. The maximum absolute atomic E-state index is 15.5. The predicted molar refractivity (Wildman–Crippen MR) is 181 cm³/mol. The summed E-state index contributed by atoms with van der Waals surface area (Å²) in [7, 11) is -2.23. The van der Waals surface area contributed by atoms with Crippen molar-refractivity contribution in [1.82, 2.24) is 24.5 Å². The van der Waals surface area contributed by atoms with Gasteiger partial charge in [-0.15, -0.1) is 13.2 Å². The first-order valence-electron chi connectivity index (χ1n) is 14.5. The molecule has 3 aromatic carbocycles. The van der Waals surface area contributed by atoms with Crippen LogP contribution >= 0.6 is 15.9 Å². The third-order valence-electron chi connectivity index (χ3n) is 7.74. The van der Waals surface area contributed by atoms with E-state index in [4.69, 9.17) is 9.72 Å². The van der Waals surface area contributed by atoms with Crippen LogP contribution in [0, 0.1) is 11.6 Å². The maximum atomic E-state index is 15.5. The van der Waals surface area contributed by atoms with Crippen molar-refractivity contribution >= 4 is 42.8 Å². The van der Waals surface area contributed by atoms with Crippen molar-refractivity contribution in [3.8, 4) is 22.9 Å². The fourth-order valence-electron chi connectivity index (χ4n) is 5.41. The lowest BCUT2D eigenvalue weighted by Crippen LogP contribution is -2.32. The molecule has 0 aliphatic rings. The number of carbonyl (C=O) groups excluding carboxylic acids is 1. The van der Waals surface area contributed by atoms with Crippen LogP contribution in [-0.2, 0) is 33.7 Å². The molecule has 244 valence electrons. The molecule has 47 heavy (non-hydrogen) atoms. The van der Waals surface area contributed by atoms with Gasteiger partial charge < -0.3 is 9.72 Å². The summed E-state index contributed by atoms with van der Waals surface area (Å²) in [5.74, 6) is -1.89. The van der Waals surface area contributed by atoms with Gasteiger partial charge in [0, 0.05) is 46.7 Å². The van der Waals surface area contributed by atoms with Gasteiger partial charge in [0.2, 0.25) is 15.9 Å². The van der Waals surface area contributed by atoms with Crippen LogP contribution in [0.1, 0.15) is 36.7 Å². The van der Waals surface area contributed by atoms with Gasteiger partial charge in [-0.25, -0.2) is 26.9 Å². The van der Waals surface area contributed by atoms with Gasteiger partial charge >= 0.3 is 0 Å². The standard InChI is InChI=1S/C34H32BrF2N5O4S/c1-5-15-34(3,21-8-7-9-22(35)18-21)33-39-32(42(4)40-33)26-19-23(10-12-27(26)36)46-31-25(24-14-16-38-29(24)20-28(31)37)11-13-30(43)41-47(44,45)17-6-2/h5-10,12,14,16,18-20,38H,1-2,11,13,15,17H2,3-4H3,(H,41,43). The van der Waals surface area contributed by atoms with Gasteiger partial charge in [0.15, 0.2) is 23.2 Å². The number of hydrogen-bond donors (Lipinski definition) is 2. The second kappa shape index (κ2) is 13.6. The van der Waals surface area contributed by atoms with Crippen molar-refractivity contribution in [1.29, 1.82) is 0 Å². The monoisotopic (exact) mass is 723 g/mol. The summed E-state index contributed by atoms with van der Waals surface area (Å²) >= 11 is 3.52. The number of nitrogens with one attached hydrogen (secondary N) is 2. The SMILES string of the molecule is C=CCC(C)(c1cccc(Br)c1)c1nc(-c2cc(Oc3c(F)cc4[nH]ccc4c3CCC(=O)NS(=O)(=O)CC=C)ccc2F)n(C)n1. The van der Waals surface area contributed by atoms with E-state index < -0.39 is 38.7 Å². The molecular weight excluding hydrogens is 692 g/mol. The normalized spacial score (nSPS) is 12.9. The summed E-state index contributed by atoms with van der Waals surface area (Å²) in [5, 5.41) is 5.24. The first-order chi connectivity index (χ1) is 22.3. The van der Waals surface area contributed by atoms with Crippen molar-refractivity contribution in [2.24, 2.45) is 7.05 Å². The highest BCUT2D eigenvalue weighted by atomic mass is 79.9. The molecule has 0 radical (unpaired) electrons. The van der Waals surface area contributed by atoms with E-state index in [1.807, 2.05) is 35.9 Å². The van der Waals surface area contributed by atoms with Crippen molar-refractivity contribution in [3.05, 3.63) is 119 Å². The third kappa shape index (κ3) is 7.20. The summed E-state index contributed by atoms with van der Waals surface area (Å²) in [6, 6.07) is 14.7. The Morgan fingerprint density at radius 3 is 2.64 bits per heavy atom. The highest BCUT2D eigenvalue weighted by molar-refractivity contribution is 9.10. The first kappa shape index (κ1) is 33.7. The highest BCUT2D eigenvalue weighted by Crippen LogP contribution is 2.39. The number of aromatic nitrogens is 4. The first-order valence-corrected chi connectivity index (χ1v) is 17.0. The smallest absolute Gasteiger partial charge is 0.238 e. The second-order valence-electron chi connectivity index (χ2n) is 11.2. The Balaban J connectivity index is 1.50. The van der Waals surface area contributed by atoms with Crippen LogP contribution in [-0.4, -0.2) is 39.8 Å². The molecule has 2 aromatic heterocycles. The summed E-state index contributed by atoms with van der Waals surface area (Å²) in [6.07, 6.45) is 4.76. The van der Waals surface area contributed by atoms with E-state index in [2.05, 4.69) is 39.2 Å². The number of carbonyl (C=O) groups is 1. The number of amides is 1. The molecular formula is C34H32BrF2N5O4S. The molecule has 0 bridgehead atoms. The minimum Gasteiger partial charge on any atom is -0.454 e. The summed E-state index contributed by atoms with van der Waals surface area (Å²) in [6.45, 7) is 9.28. The molecule has 1 atom stereocenters. The number of benzene rings is 3. The lowest BCUT2D eigenvalue weighted by Gasteiger charge is -2.26. The van der Waals surface area contributed by atoms with Gasteiger partial charge in [-0.05, 0) is 61.7 Å². The number of nitrogens with zero attached hydrogens (tertiary/aromatic N) is 3. The van der Waals surface area contributed by atoms with Gasteiger partial charge in [-0.3, -0.25) is 9.52 Å². The molecule has 2 N–H and O–H groups in total. The average molecular weight is 725 g/mol. The molecule has 1 unspecified atom stereocenters. The molecule has 0 aliphatic carbocycles. The fourth-order valence-corrected chi connectivity index (χ4v) is 6.65. The number of sulfonamides is 1. The molecule has 5 aromatic rings. The van der Waals surface area contributed by atoms with Crippen molar-refractivity contribution < 1.29 is 26.7 Å². The Morgan fingerprint density at radius 1 is 1.13 bits per heavy atom. The molecule has 1 amide bonds. The van der Waals surface area contributed by atoms with Crippen LogP contribution < -0.4 is 9.46 Å². The molecule has 0 aliphatic heterocycles. The minimum absolute atomic E-state index is 0.0466. The highest BCUT2D eigenvalue weighted by Gasteiger charge is 2.33. The number of aromatic amines is 1. The van der Waals surface area contributed by atoms with Crippen LogP contribution in [0.3, 0.4) is 0 Å². The molecule has 13 heteroatoms. The molecule has 9 nitrogen and oxygen atoms in total. The topological polar surface area (TPSA) is 119 Å². The van der Waals surface area contributed by atoms with E-state index in [-0.39, 0.29) is 35.7 Å². The molecule has 0 spiro atoms. The third-order valence-corrected chi connectivity index (χ3v) is 9.45.